The summed E-state index contributed by atoms with van der Waals surface area (Å²) in [5.41, 5.74) is 5.68. The third-order valence-electron chi connectivity index (χ3n) is 2.96. The SMILES string of the molecule is NC[C@@H]1CCCN1CC1CC1. The summed E-state index contributed by atoms with van der Waals surface area (Å²) in [7, 11) is 0. The van der Waals surface area contributed by atoms with Crippen LogP contribution in [0.3, 0.4) is 0 Å². The first kappa shape index (κ1) is 7.56. The highest BCUT2D eigenvalue weighted by molar-refractivity contribution is 4.85. The molecule has 2 rings (SSSR count). The Balaban J connectivity index is 1.79. The highest BCUT2D eigenvalue weighted by Crippen LogP contribution is 2.31. The van der Waals surface area contributed by atoms with Crippen molar-refractivity contribution >= 4 is 0 Å². The van der Waals surface area contributed by atoms with E-state index in [2.05, 4.69) is 4.90 Å². The van der Waals surface area contributed by atoms with Crippen molar-refractivity contribution in [2.45, 2.75) is 31.7 Å². The van der Waals surface area contributed by atoms with Crippen molar-refractivity contribution in [1.29, 1.82) is 0 Å². The van der Waals surface area contributed by atoms with Gasteiger partial charge in [0.25, 0.3) is 0 Å². The third kappa shape index (κ3) is 1.74. The van der Waals surface area contributed by atoms with Gasteiger partial charge in [0.05, 0.1) is 0 Å². The lowest BCUT2D eigenvalue weighted by molar-refractivity contribution is 0.248. The summed E-state index contributed by atoms with van der Waals surface area (Å²) in [4.78, 5) is 2.59. The first-order valence-corrected chi connectivity index (χ1v) is 4.84. The van der Waals surface area contributed by atoms with Gasteiger partial charge in [-0.1, -0.05) is 0 Å². The second kappa shape index (κ2) is 3.11. The summed E-state index contributed by atoms with van der Waals surface area (Å²) in [6.07, 6.45) is 5.64. The smallest absolute Gasteiger partial charge is 0.0219 e. The molecule has 0 spiro atoms. The van der Waals surface area contributed by atoms with Gasteiger partial charge >= 0.3 is 0 Å². The Kier molecular flexibility index (Phi) is 2.14. The van der Waals surface area contributed by atoms with Crippen LogP contribution in [0.5, 0.6) is 0 Å². The standard InChI is InChI=1S/C9H18N2/c10-6-9-2-1-5-11(9)7-8-3-4-8/h8-9H,1-7,10H2/t9-/m0/s1. The van der Waals surface area contributed by atoms with Crippen LogP contribution in [0.25, 0.3) is 0 Å². The summed E-state index contributed by atoms with van der Waals surface area (Å²) in [5, 5.41) is 0. The second-order valence-corrected chi connectivity index (χ2v) is 3.97. The summed E-state index contributed by atoms with van der Waals surface area (Å²) in [5.74, 6) is 1.03. The van der Waals surface area contributed by atoms with Crippen LogP contribution in [0.4, 0.5) is 0 Å². The van der Waals surface area contributed by atoms with Crippen LogP contribution in [-0.2, 0) is 0 Å². The van der Waals surface area contributed by atoms with Crippen molar-refractivity contribution in [1.82, 2.24) is 4.90 Å². The molecule has 2 fully saturated rings. The summed E-state index contributed by atoms with van der Waals surface area (Å²) in [6, 6.07) is 0.718. The van der Waals surface area contributed by atoms with Crippen LogP contribution in [0, 0.1) is 5.92 Å². The van der Waals surface area contributed by atoms with E-state index >= 15 is 0 Å². The van der Waals surface area contributed by atoms with Gasteiger partial charge in [-0.3, -0.25) is 4.90 Å². The predicted octanol–water partition coefficient (Wildman–Crippen LogP) is 0.819. The number of nitrogens with zero attached hydrogens (tertiary/aromatic N) is 1. The average Bonchev–Trinajstić information content (AvgIpc) is 2.68. The number of hydrogen-bond acceptors (Lipinski definition) is 2. The van der Waals surface area contributed by atoms with Gasteiger partial charge in [0.1, 0.15) is 0 Å². The number of nitrogens with two attached hydrogens (primary N) is 1. The van der Waals surface area contributed by atoms with Crippen LogP contribution in [0.1, 0.15) is 25.7 Å². The maximum atomic E-state index is 5.68. The van der Waals surface area contributed by atoms with Crippen LogP contribution in [-0.4, -0.2) is 30.6 Å². The van der Waals surface area contributed by atoms with E-state index in [0.29, 0.717) is 0 Å². The molecule has 11 heavy (non-hydrogen) atoms. The molecule has 1 saturated heterocycles. The minimum atomic E-state index is 0.718. The molecular formula is C9H18N2. The molecule has 1 aliphatic heterocycles. The van der Waals surface area contributed by atoms with Gasteiger partial charge in [0, 0.05) is 19.1 Å². The Bertz CT molecular complexity index is 132. The number of rotatable bonds is 3. The van der Waals surface area contributed by atoms with E-state index in [0.717, 1.165) is 18.5 Å². The van der Waals surface area contributed by atoms with Crippen LogP contribution in [0.2, 0.25) is 0 Å². The monoisotopic (exact) mass is 154 g/mol. The van der Waals surface area contributed by atoms with Gasteiger partial charge in [-0.15, -0.1) is 0 Å². The predicted molar refractivity (Wildman–Crippen MR) is 46.4 cm³/mol. The Morgan fingerprint density at radius 2 is 2.09 bits per heavy atom. The molecule has 2 N–H and O–H groups in total. The van der Waals surface area contributed by atoms with Gasteiger partial charge < -0.3 is 5.73 Å². The van der Waals surface area contributed by atoms with Gasteiger partial charge in [0.15, 0.2) is 0 Å². The Morgan fingerprint density at radius 1 is 1.27 bits per heavy atom. The van der Waals surface area contributed by atoms with E-state index in [4.69, 9.17) is 5.73 Å². The van der Waals surface area contributed by atoms with Crippen molar-refractivity contribution in [2.24, 2.45) is 11.7 Å². The molecule has 0 amide bonds. The Hall–Kier alpha value is -0.0800. The van der Waals surface area contributed by atoms with Crippen molar-refractivity contribution in [3.05, 3.63) is 0 Å². The molecule has 2 nitrogen and oxygen atoms in total. The molecule has 0 aromatic heterocycles. The fourth-order valence-electron chi connectivity index (χ4n) is 2.03. The van der Waals surface area contributed by atoms with E-state index in [-0.39, 0.29) is 0 Å². The minimum absolute atomic E-state index is 0.718. The second-order valence-electron chi connectivity index (χ2n) is 3.97. The lowest BCUT2D eigenvalue weighted by Crippen LogP contribution is -2.36. The fraction of sp³-hybridized carbons (Fsp3) is 1.00. The topological polar surface area (TPSA) is 29.3 Å². The molecule has 0 aromatic rings. The summed E-state index contributed by atoms with van der Waals surface area (Å²) >= 11 is 0. The molecular weight excluding hydrogens is 136 g/mol. The summed E-state index contributed by atoms with van der Waals surface area (Å²) in [6.45, 7) is 3.51. The van der Waals surface area contributed by atoms with Crippen molar-refractivity contribution in [2.75, 3.05) is 19.6 Å². The van der Waals surface area contributed by atoms with Crippen LogP contribution >= 0.6 is 0 Å². The Labute approximate surface area is 68.7 Å². The average molecular weight is 154 g/mol. The van der Waals surface area contributed by atoms with Crippen molar-refractivity contribution in [3.8, 4) is 0 Å². The largest absolute Gasteiger partial charge is 0.329 e. The van der Waals surface area contributed by atoms with E-state index < -0.39 is 0 Å². The summed E-state index contributed by atoms with van der Waals surface area (Å²) < 4.78 is 0. The molecule has 0 bridgehead atoms. The first-order valence-electron chi connectivity index (χ1n) is 4.84. The quantitative estimate of drug-likeness (QED) is 0.652. The first-order chi connectivity index (χ1) is 5.40. The molecule has 0 aromatic carbocycles. The maximum absolute atomic E-state index is 5.68. The molecule has 0 unspecified atom stereocenters. The lowest BCUT2D eigenvalue weighted by atomic mass is 10.2. The van der Waals surface area contributed by atoms with E-state index in [1.165, 1.54) is 38.8 Å². The number of likely N-dealkylation sites (tertiary alicyclic amines) is 1. The van der Waals surface area contributed by atoms with Crippen LogP contribution < -0.4 is 5.73 Å². The van der Waals surface area contributed by atoms with Crippen LogP contribution in [0.15, 0.2) is 0 Å². The molecule has 1 aliphatic carbocycles. The normalized spacial score (nSPS) is 33.0. The van der Waals surface area contributed by atoms with E-state index in [1.807, 2.05) is 0 Å². The van der Waals surface area contributed by atoms with Crippen molar-refractivity contribution < 1.29 is 0 Å². The lowest BCUT2D eigenvalue weighted by Gasteiger charge is -2.22. The van der Waals surface area contributed by atoms with Gasteiger partial charge in [0.2, 0.25) is 0 Å². The molecule has 1 saturated carbocycles. The maximum Gasteiger partial charge on any atom is 0.0219 e. The van der Waals surface area contributed by atoms with E-state index in [1.54, 1.807) is 0 Å². The molecule has 1 atom stereocenters. The zero-order valence-electron chi connectivity index (χ0n) is 7.13. The van der Waals surface area contributed by atoms with Gasteiger partial charge in [-0.25, -0.2) is 0 Å². The Morgan fingerprint density at radius 3 is 2.73 bits per heavy atom. The van der Waals surface area contributed by atoms with Gasteiger partial charge in [-0.2, -0.15) is 0 Å². The zero-order valence-corrected chi connectivity index (χ0v) is 7.13. The third-order valence-corrected chi connectivity index (χ3v) is 2.96. The van der Waals surface area contributed by atoms with Gasteiger partial charge in [-0.05, 0) is 38.1 Å². The highest BCUT2D eigenvalue weighted by Gasteiger charge is 2.29. The minimum Gasteiger partial charge on any atom is -0.329 e. The molecule has 64 valence electrons. The molecule has 2 heteroatoms. The molecule has 1 heterocycles. The number of hydrogen-bond donors (Lipinski definition) is 1. The molecule has 2 aliphatic rings. The fourth-order valence-corrected chi connectivity index (χ4v) is 2.03. The van der Waals surface area contributed by atoms with E-state index in [9.17, 15) is 0 Å². The van der Waals surface area contributed by atoms with Crippen molar-refractivity contribution in [3.63, 3.8) is 0 Å². The zero-order chi connectivity index (χ0) is 7.68. The highest BCUT2D eigenvalue weighted by atomic mass is 15.2. The molecule has 0 radical (unpaired) electrons.